The van der Waals surface area contributed by atoms with Crippen LogP contribution in [0.25, 0.3) is 0 Å². The van der Waals surface area contributed by atoms with E-state index in [-0.39, 0.29) is 0 Å². The molecular formula is C15H23NO. The van der Waals surface area contributed by atoms with Crippen LogP contribution in [0, 0.1) is 13.8 Å². The molecule has 2 N–H and O–H groups in total. The summed E-state index contributed by atoms with van der Waals surface area (Å²) in [6, 6.07) is 6.95. The Morgan fingerprint density at radius 2 is 1.88 bits per heavy atom. The Hall–Kier alpha value is -0.860. The second-order valence-electron chi connectivity index (χ2n) is 5.41. The minimum Gasteiger partial charge on any atom is -0.385 e. The van der Waals surface area contributed by atoms with E-state index in [1.807, 2.05) is 7.05 Å². The molecule has 0 unspecified atom stereocenters. The number of nitrogens with one attached hydrogen (secondary N) is 1. The van der Waals surface area contributed by atoms with Crippen molar-refractivity contribution in [2.75, 3.05) is 7.05 Å². The zero-order valence-corrected chi connectivity index (χ0v) is 11.1. The van der Waals surface area contributed by atoms with Gasteiger partial charge in [-0.05, 0) is 57.7 Å². The van der Waals surface area contributed by atoms with Crippen molar-refractivity contribution in [3.8, 4) is 0 Å². The summed E-state index contributed by atoms with van der Waals surface area (Å²) in [6.07, 6.45) is 3.84. The summed E-state index contributed by atoms with van der Waals surface area (Å²) in [5, 5.41) is 14.1. The smallest absolute Gasteiger partial charge is 0.0900 e. The van der Waals surface area contributed by atoms with Crippen molar-refractivity contribution >= 4 is 0 Å². The SMILES string of the molecule is CNC1CCC(O)(c2cc(C)ccc2C)CC1. The van der Waals surface area contributed by atoms with Gasteiger partial charge in [0.1, 0.15) is 0 Å². The number of rotatable bonds is 2. The van der Waals surface area contributed by atoms with Gasteiger partial charge in [0.2, 0.25) is 0 Å². The fraction of sp³-hybridized carbons (Fsp3) is 0.600. The van der Waals surface area contributed by atoms with E-state index in [1.165, 1.54) is 11.1 Å². The molecule has 0 saturated heterocycles. The quantitative estimate of drug-likeness (QED) is 0.823. The van der Waals surface area contributed by atoms with Gasteiger partial charge in [-0.3, -0.25) is 0 Å². The van der Waals surface area contributed by atoms with Gasteiger partial charge in [-0.1, -0.05) is 23.8 Å². The highest BCUT2D eigenvalue weighted by molar-refractivity contribution is 5.35. The summed E-state index contributed by atoms with van der Waals surface area (Å²) < 4.78 is 0. The van der Waals surface area contributed by atoms with Gasteiger partial charge in [0.05, 0.1) is 5.60 Å². The molecule has 1 aromatic carbocycles. The van der Waals surface area contributed by atoms with E-state index in [4.69, 9.17) is 0 Å². The molecule has 0 amide bonds. The van der Waals surface area contributed by atoms with Gasteiger partial charge in [0.25, 0.3) is 0 Å². The van der Waals surface area contributed by atoms with Crippen molar-refractivity contribution in [2.45, 2.75) is 51.2 Å². The minimum absolute atomic E-state index is 0.570. The Labute approximate surface area is 104 Å². The molecule has 17 heavy (non-hydrogen) atoms. The molecule has 0 radical (unpaired) electrons. The molecule has 1 aromatic rings. The highest BCUT2D eigenvalue weighted by Gasteiger charge is 2.35. The summed E-state index contributed by atoms with van der Waals surface area (Å²) in [5.41, 5.74) is 2.96. The number of benzene rings is 1. The molecule has 1 aliphatic rings. The Morgan fingerprint density at radius 1 is 1.24 bits per heavy atom. The van der Waals surface area contributed by atoms with E-state index < -0.39 is 5.60 Å². The van der Waals surface area contributed by atoms with Gasteiger partial charge in [-0.25, -0.2) is 0 Å². The predicted molar refractivity (Wildman–Crippen MR) is 71.1 cm³/mol. The lowest BCUT2D eigenvalue weighted by molar-refractivity contribution is -0.00820. The van der Waals surface area contributed by atoms with Crippen molar-refractivity contribution < 1.29 is 5.11 Å². The summed E-state index contributed by atoms with van der Waals surface area (Å²) in [4.78, 5) is 0. The molecule has 1 saturated carbocycles. The molecule has 2 heteroatoms. The third-order valence-corrected chi connectivity index (χ3v) is 4.12. The van der Waals surface area contributed by atoms with E-state index in [9.17, 15) is 5.11 Å². The van der Waals surface area contributed by atoms with Crippen LogP contribution in [0.5, 0.6) is 0 Å². The zero-order valence-electron chi connectivity index (χ0n) is 11.1. The molecule has 2 nitrogen and oxygen atoms in total. The number of aliphatic hydroxyl groups is 1. The predicted octanol–water partition coefficient (Wildman–Crippen LogP) is 2.65. The van der Waals surface area contributed by atoms with Gasteiger partial charge in [0.15, 0.2) is 0 Å². The summed E-state index contributed by atoms with van der Waals surface area (Å²) in [5.74, 6) is 0. The van der Waals surface area contributed by atoms with Crippen LogP contribution in [0.3, 0.4) is 0 Å². The standard InChI is InChI=1S/C15H23NO/c1-11-4-5-12(2)14(10-11)15(17)8-6-13(16-3)7-9-15/h4-5,10,13,16-17H,6-9H2,1-3H3. The average Bonchev–Trinajstić information content (AvgIpc) is 2.33. The maximum absolute atomic E-state index is 10.8. The lowest BCUT2D eigenvalue weighted by Gasteiger charge is -2.37. The normalized spacial score (nSPS) is 29.3. The van der Waals surface area contributed by atoms with Crippen LogP contribution in [0.1, 0.15) is 42.4 Å². The van der Waals surface area contributed by atoms with E-state index in [0.717, 1.165) is 31.2 Å². The molecule has 0 spiro atoms. The van der Waals surface area contributed by atoms with Crippen molar-refractivity contribution in [3.63, 3.8) is 0 Å². The van der Waals surface area contributed by atoms with Crippen LogP contribution in [0.2, 0.25) is 0 Å². The first kappa shape index (κ1) is 12.6. The maximum Gasteiger partial charge on any atom is 0.0900 e. The maximum atomic E-state index is 10.8. The molecular weight excluding hydrogens is 210 g/mol. The van der Waals surface area contributed by atoms with E-state index >= 15 is 0 Å². The molecule has 1 fully saturated rings. The van der Waals surface area contributed by atoms with Gasteiger partial charge in [-0.15, -0.1) is 0 Å². The van der Waals surface area contributed by atoms with Crippen molar-refractivity contribution in [1.29, 1.82) is 0 Å². The van der Waals surface area contributed by atoms with E-state index in [2.05, 4.69) is 37.4 Å². The Balaban J connectivity index is 2.24. The molecule has 2 rings (SSSR count). The fourth-order valence-corrected chi connectivity index (χ4v) is 2.89. The highest BCUT2D eigenvalue weighted by Crippen LogP contribution is 2.38. The molecule has 0 bridgehead atoms. The van der Waals surface area contributed by atoms with Gasteiger partial charge < -0.3 is 10.4 Å². The van der Waals surface area contributed by atoms with Gasteiger partial charge >= 0.3 is 0 Å². The third-order valence-electron chi connectivity index (χ3n) is 4.12. The highest BCUT2D eigenvalue weighted by atomic mass is 16.3. The second kappa shape index (κ2) is 4.79. The average molecular weight is 233 g/mol. The molecule has 0 heterocycles. The summed E-state index contributed by atoms with van der Waals surface area (Å²) in [6.45, 7) is 4.18. The van der Waals surface area contributed by atoms with Crippen LogP contribution in [0.15, 0.2) is 18.2 Å². The van der Waals surface area contributed by atoms with Gasteiger partial charge in [-0.2, -0.15) is 0 Å². The first-order chi connectivity index (χ1) is 8.05. The Bertz CT molecular complexity index is 392. The molecule has 1 aliphatic carbocycles. The zero-order chi connectivity index (χ0) is 12.5. The molecule has 0 atom stereocenters. The van der Waals surface area contributed by atoms with Crippen LogP contribution < -0.4 is 5.32 Å². The first-order valence-corrected chi connectivity index (χ1v) is 6.52. The van der Waals surface area contributed by atoms with Crippen molar-refractivity contribution in [3.05, 3.63) is 34.9 Å². The topological polar surface area (TPSA) is 32.3 Å². The van der Waals surface area contributed by atoms with Crippen LogP contribution in [-0.2, 0) is 5.60 Å². The first-order valence-electron chi connectivity index (χ1n) is 6.52. The number of hydrogen-bond donors (Lipinski definition) is 2. The van der Waals surface area contributed by atoms with Crippen molar-refractivity contribution in [1.82, 2.24) is 5.32 Å². The Morgan fingerprint density at radius 3 is 2.47 bits per heavy atom. The van der Waals surface area contributed by atoms with Crippen LogP contribution in [-0.4, -0.2) is 18.2 Å². The van der Waals surface area contributed by atoms with E-state index in [0.29, 0.717) is 6.04 Å². The third kappa shape index (κ3) is 2.53. The molecule has 94 valence electrons. The lowest BCUT2D eigenvalue weighted by Crippen LogP contribution is -2.38. The Kier molecular flexibility index (Phi) is 3.55. The summed E-state index contributed by atoms with van der Waals surface area (Å²) >= 11 is 0. The molecule has 0 aromatic heterocycles. The second-order valence-corrected chi connectivity index (χ2v) is 5.41. The summed E-state index contributed by atoms with van der Waals surface area (Å²) in [7, 11) is 2.01. The molecule has 0 aliphatic heterocycles. The largest absolute Gasteiger partial charge is 0.385 e. The monoisotopic (exact) mass is 233 g/mol. The minimum atomic E-state index is -0.608. The van der Waals surface area contributed by atoms with E-state index in [1.54, 1.807) is 0 Å². The lowest BCUT2D eigenvalue weighted by atomic mass is 9.76. The number of aryl methyl sites for hydroxylation is 2. The van der Waals surface area contributed by atoms with Crippen LogP contribution in [0.4, 0.5) is 0 Å². The fourth-order valence-electron chi connectivity index (χ4n) is 2.89. The van der Waals surface area contributed by atoms with Crippen molar-refractivity contribution in [2.24, 2.45) is 0 Å². The number of hydrogen-bond acceptors (Lipinski definition) is 2. The van der Waals surface area contributed by atoms with Crippen LogP contribution >= 0.6 is 0 Å². The van der Waals surface area contributed by atoms with Gasteiger partial charge in [0, 0.05) is 6.04 Å².